The Morgan fingerprint density at radius 1 is 1.39 bits per heavy atom. The number of hydrogen-bond donors (Lipinski definition) is 2. The number of halogens is 1. The maximum Gasteiger partial charge on any atom is 0.236 e. The molecule has 1 aromatic rings. The molecule has 98 valence electrons. The van der Waals surface area contributed by atoms with E-state index in [0.29, 0.717) is 12.0 Å². The minimum atomic E-state index is -0.111. The van der Waals surface area contributed by atoms with Gasteiger partial charge in [0.15, 0.2) is 0 Å². The van der Waals surface area contributed by atoms with Crippen LogP contribution in [0.2, 0.25) is 0 Å². The molecule has 0 heterocycles. The van der Waals surface area contributed by atoms with Crippen LogP contribution in [0.5, 0.6) is 0 Å². The summed E-state index contributed by atoms with van der Waals surface area (Å²) in [5, 5.41) is 6.02. The second-order valence-corrected chi connectivity index (χ2v) is 5.74. The van der Waals surface area contributed by atoms with E-state index in [4.69, 9.17) is 0 Å². The highest BCUT2D eigenvalue weighted by Gasteiger charge is 2.32. The minimum Gasteiger partial charge on any atom is -0.358 e. The fourth-order valence-electron chi connectivity index (χ4n) is 2.46. The van der Waals surface area contributed by atoms with Gasteiger partial charge >= 0.3 is 0 Å². The van der Waals surface area contributed by atoms with E-state index in [1.54, 1.807) is 7.05 Å². The number of carbonyl (C=O) groups excluding carboxylic acids is 1. The SMILES string of the molecule is CNC(=O)C(C)NC1CC(c2ccccc2Br)C1. The number of carbonyl (C=O) groups is 1. The van der Waals surface area contributed by atoms with Gasteiger partial charge in [-0.3, -0.25) is 4.79 Å². The van der Waals surface area contributed by atoms with E-state index in [-0.39, 0.29) is 11.9 Å². The minimum absolute atomic E-state index is 0.0549. The summed E-state index contributed by atoms with van der Waals surface area (Å²) in [7, 11) is 1.67. The summed E-state index contributed by atoms with van der Waals surface area (Å²) in [6, 6.07) is 8.72. The predicted octanol–water partition coefficient (Wildman–Crippen LogP) is 2.42. The standard InChI is InChI=1S/C14H19BrN2O/c1-9(14(18)16-2)17-11-7-10(8-11)12-5-3-4-6-13(12)15/h3-6,9-11,17H,7-8H2,1-2H3,(H,16,18). The first-order valence-corrected chi connectivity index (χ1v) is 7.13. The van der Waals surface area contributed by atoms with Gasteiger partial charge in [-0.15, -0.1) is 0 Å². The van der Waals surface area contributed by atoms with Crippen LogP contribution in [-0.2, 0) is 4.79 Å². The number of rotatable bonds is 4. The molecule has 1 fully saturated rings. The highest BCUT2D eigenvalue weighted by Crippen LogP contribution is 2.40. The van der Waals surface area contributed by atoms with Crippen molar-refractivity contribution < 1.29 is 4.79 Å². The maximum absolute atomic E-state index is 11.4. The normalized spacial score (nSPS) is 24.2. The Kier molecular flexibility index (Phi) is 4.40. The van der Waals surface area contributed by atoms with Gasteiger partial charge in [0.2, 0.25) is 5.91 Å². The van der Waals surface area contributed by atoms with E-state index in [2.05, 4.69) is 44.8 Å². The van der Waals surface area contributed by atoms with Gasteiger partial charge in [0.05, 0.1) is 6.04 Å². The third-order valence-corrected chi connectivity index (χ3v) is 4.33. The van der Waals surface area contributed by atoms with Crippen LogP contribution in [0.1, 0.15) is 31.2 Å². The first kappa shape index (κ1) is 13.6. The molecule has 0 spiro atoms. The van der Waals surface area contributed by atoms with E-state index < -0.39 is 0 Å². The quantitative estimate of drug-likeness (QED) is 0.896. The van der Waals surface area contributed by atoms with Crippen LogP contribution in [0.4, 0.5) is 0 Å². The molecule has 0 radical (unpaired) electrons. The van der Waals surface area contributed by atoms with Gasteiger partial charge in [-0.2, -0.15) is 0 Å². The zero-order valence-corrected chi connectivity index (χ0v) is 12.3. The fourth-order valence-corrected chi connectivity index (χ4v) is 3.07. The van der Waals surface area contributed by atoms with Crippen molar-refractivity contribution >= 4 is 21.8 Å². The zero-order valence-electron chi connectivity index (χ0n) is 10.7. The molecule has 2 N–H and O–H groups in total. The molecule has 0 aromatic heterocycles. The summed E-state index contributed by atoms with van der Waals surface area (Å²) < 4.78 is 1.19. The number of hydrogen-bond acceptors (Lipinski definition) is 2. The monoisotopic (exact) mass is 310 g/mol. The zero-order chi connectivity index (χ0) is 13.1. The number of benzene rings is 1. The Morgan fingerprint density at radius 2 is 2.06 bits per heavy atom. The largest absolute Gasteiger partial charge is 0.358 e. The Hall–Kier alpha value is -0.870. The molecule has 1 amide bonds. The molecule has 0 aliphatic heterocycles. The summed E-state index contributed by atoms with van der Waals surface area (Å²) in [6.45, 7) is 1.91. The smallest absolute Gasteiger partial charge is 0.236 e. The van der Waals surface area contributed by atoms with Gasteiger partial charge in [-0.25, -0.2) is 0 Å². The molecule has 0 saturated heterocycles. The topological polar surface area (TPSA) is 41.1 Å². The molecule has 1 saturated carbocycles. The third-order valence-electron chi connectivity index (χ3n) is 3.61. The van der Waals surface area contributed by atoms with Gasteiger partial charge in [0.25, 0.3) is 0 Å². The van der Waals surface area contributed by atoms with E-state index >= 15 is 0 Å². The van der Waals surface area contributed by atoms with Crippen LogP contribution >= 0.6 is 15.9 Å². The average Bonchev–Trinajstić information content (AvgIpc) is 2.33. The summed E-state index contributed by atoms with van der Waals surface area (Å²) in [5.41, 5.74) is 1.38. The summed E-state index contributed by atoms with van der Waals surface area (Å²) in [6.07, 6.45) is 2.20. The molecule has 1 aliphatic carbocycles. The molecular weight excluding hydrogens is 292 g/mol. The van der Waals surface area contributed by atoms with E-state index in [1.807, 2.05) is 13.0 Å². The van der Waals surface area contributed by atoms with E-state index in [0.717, 1.165) is 12.8 Å². The lowest BCUT2D eigenvalue weighted by atomic mass is 9.75. The van der Waals surface area contributed by atoms with Crippen LogP contribution < -0.4 is 10.6 Å². The van der Waals surface area contributed by atoms with Crippen molar-refractivity contribution in [2.45, 2.75) is 37.8 Å². The van der Waals surface area contributed by atoms with Crippen molar-refractivity contribution in [1.82, 2.24) is 10.6 Å². The van der Waals surface area contributed by atoms with Crippen LogP contribution in [0.3, 0.4) is 0 Å². The average molecular weight is 311 g/mol. The number of likely N-dealkylation sites (N-methyl/N-ethyl adjacent to an activating group) is 1. The Morgan fingerprint density at radius 3 is 2.67 bits per heavy atom. The van der Waals surface area contributed by atoms with Crippen molar-refractivity contribution in [3.8, 4) is 0 Å². The van der Waals surface area contributed by atoms with Crippen LogP contribution in [0.15, 0.2) is 28.7 Å². The Labute approximate surface area is 116 Å². The summed E-state index contributed by atoms with van der Waals surface area (Å²) in [4.78, 5) is 11.4. The molecule has 2 rings (SSSR count). The lowest BCUT2D eigenvalue weighted by Crippen LogP contribution is -2.50. The van der Waals surface area contributed by atoms with Gasteiger partial charge in [0.1, 0.15) is 0 Å². The van der Waals surface area contributed by atoms with E-state index in [9.17, 15) is 4.79 Å². The highest BCUT2D eigenvalue weighted by atomic mass is 79.9. The Balaban J connectivity index is 1.84. The molecule has 1 aliphatic rings. The molecule has 1 aromatic carbocycles. The van der Waals surface area contributed by atoms with Crippen molar-refractivity contribution in [3.63, 3.8) is 0 Å². The molecule has 3 nitrogen and oxygen atoms in total. The van der Waals surface area contributed by atoms with Crippen LogP contribution in [-0.4, -0.2) is 25.0 Å². The second-order valence-electron chi connectivity index (χ2n) is 4.89. The Bertz CT molecular complexity index is 430. The molecule has 4 heteroatoms. The third kappa shape index (κ3) is 2.93. The van der Waals surface area contributed by atoms with Crippen molar-refractivity contribution in [2.75, 3.05) is 7.05 Å². The van der Waals surface area contributed by atoms with Crippen LogP contribution in [0.25, 0.3) is 0 Å². The molecular formula is C14H19BrN2O. The molecule has 1 unspecified atom stereocenters. The number of amides is 1. The second kappa shape index (κ2) is 5.85. The molecule has 0 bridgehead atoms. The first-order chi connectivity index (χ1) is 8.61. The van der Waals surface area contributed by atoms with Crippen LogP contribution in [0, 0.1) is 0 Å². The van der Waals surface area contributed by atoms with E-state index in [1.165, 1.54) is 10.0 Å². The predicted molar refractivity (Wildman–Crippen MR) is 76.6 cm³/mol. The number of nitrogens with one attached hydrogen (secondary N) is 2. The van der Waals surface area contributed by atoms with Crippen molar-refractivity contribution in [2.24, 2.45) is 0 Å². The van der Waals surface area contributed by atoms with Gasteiger partial charge in [-0.05, 0) is 37.3 Å². The van der Waals surface area contributed by atoms with Gasteiger partial charge in [-0.1, -0.05) is 34.1 Å². The lowest BCUT2D eigenvalue weighted by Gasteiger charge is -2.38. The summed E-state index contributed by atoms with van der Waals surface area (Å²) in [5.74, 6) is 0.661. The molecule has 1 atom stereocenters. The first-order valence-electron chi connectivity index (χ1n) is 6.34. The van der Waals surface area contributed by atoms with Crippen molar-refractivity contribution in [1.29, 1.82) is 0 Å². The maximum atomic E-state index is 11.4. The molecule has 18 heavy (non-hydrogen) atoms. The highest BCUT2D eigenvalue weighted by molar-refractivity contribution is 9.10. The fraction of sp³-hybridized carbons (Fsp3) is 0.500. The lowest BCUT2D eigenvalue weighted by molar-refractivity contribution is -0.122. The van der Waals surface area contributed by atoms with Crippen molar-refractivity contribution in [3.05, 3.63) is 34.3 Å². The summed E-state index contributed by atoms with van der Waals surface area (Å²) >= 11 is 3.59. The van der Waals surface area contributed by atoms with Gasteiger partial charge < -0.3 is 10.6 Å². The van der Waals surface area contributed by atoms with Gasteiger partial charge in [0, 0.05) is 17.6 Å².